The molecule has 0 aliphatic carbocycles. The van der Waals surface area contributed by atoms with E-state index in [0.717, 1.165) is 12.6 Å². The number of hydrogen-bond donors (Lipinski definition) is 1. The predicted molar refractivity (Wildman–Crippen MR) is 62.6 cm³/mol. The lowest BCUT2D eigenvalue weighted by atomic mass is 9.88. The van der Waals surface area contributed by atoms with Crippen molar-refractivity contribution in [2.45, 2.75) is 52.6 Å². The van der Waals surface area contributed by atoms with Crippen LogP contribution in [0.4, 0.5) is 0 Å². The van der Waals surface area contributed by atoms with Crippen molar-refractivity contribution < 1.29 is 0 Å². The van der Waals surface area contributed by atoms with E-state index in [1.54, 1.807) is 0 Å². The lowest BCUT2D eigenvalue weighted by molar-refractivity contribution is 0.244. The summed E-state index contributed by atoms with van der Waals surface area (Å²) in [5.74, 6) is 0. The van der Waals surface area contributed by atoms with Crippen LogP contribution in [0.1, 0.15) is 40.5 Å². The number of nitrogens with one attached hydrogen (secondary N) is 1. The molecule has 1 fully saturated rings. The Morgan fingerprint density at radius 3 is 2.50 bits per heavy atom. The molecule has 0 amide bonds. The fraction of sp³-hybridized carbons (Fsp3) is 1.00. The largest absolute Gasteiger partial charge is 0.312 e. The highest BCUT2D eigenvalue weighted by Gasteiger charge is 2.24. The van der Waals surface area contributed by atoms with Crippen molar-refractivity contribution in [3.63, 3.8) is 0 Å². The first-order valence-corrected chi connectivity index (χ1v) is 5.85. The van der Waals surface area contributed by atoms with Gasteiger partial charge in [0, 0.05) is 18.6 Å². The Kier molecular flexibility index (Phi) is 3.96. The van der Waals surface area contributed by atoms with E-state index in [9.17, 15) is 0 Å². The second-order valence-electron chi connectivity index (χ2n) is 5.77. The molecule has 0 bridgehead atoms. The van der Waals surface area contributed by atoms with Crippen molar-refractivity contribution in [3.05, 3.63) is 0 Å². The maximum Gasteiger partial charge on any atom is 0.0218 e. The van der Waals surface area contributed by atoms with Gasteiger partial charge in [-0.3, -0.25) is 0 Å². The Bertz CT molecular complexity index is 170. The summed E-state index contributed by atoms with van der Waals surface area (Å²) in [5.41, 5.74) is 0.372. The van der Waals surface area contributed by atoms with Crippen LogP contribution in [0.15, 0.2) is 0 Å². The summed E-state index contributed by atoms with van der Waals surface area (Å²) in [5, 5.41) is 3.65. The first-order valence-electron chi connectivity index (χ1n) is 5.85. The number of nitrogens with zero attached hydrogens (tertiary/aromatic N) is 1. The Labute approximate surface area is 89.1 Å². The van der Waals surface area contributed by atoms with Gasteiger partial charge in [0.15, 0.2) is 0 Å². The molecule has 1 saturated heterocycles. The molecular weight excluding hydrogens is 172 g/mol. The molecule has 1 rings (SSSR count). The fourth-order valence-corrected chi connectivity index (χ4v) is 1.86. The van der Waals surface area contributed by atoms with E-state index in [0.29, 0.717) is 11.5 Å². The molecule has 0 radical (unpaired) electrons. The minimum Gasteiger partial charge on any atom is -0.312 e. The van der Waals surface area contributed by atoms with E-state index >= 15 is 0 Å². The zero-order chi connectivity index (χ0) is 10.8. The summed E-state index contributed by atoms with van der Waals surface area (Å²) >= 11 is 0. The maximum atomic E-state index is 3.65. The van der Waals surface area contributed by atoms with Crippen LogP contribution in [-0.4, -0.2) is 37.1 Å². The standard InChI is InChI=1S/C12H26N2/c1-10(12(2,3)4)13-9-11-7-6-8-14(11)5/h10-11,13H,6-9H2,1-5H3. The van der Waals surface area contributed by atoms with Crippen LogP contribution in [0.2, 0.25) is 0 Å². The molecule has 1 N–H and O–H groups in total. The van der Waals surface area contributed by atoms with Crippen LogP contribution in [0, 0.1) is 5.41 Å². The van der Waals surface area contributed by atoms with Crippen molar-refractivity contribution in [2.24, 2.45) is 5.41 Å². The highest BCUT2D eigenvalue weighted by Crippen LogP contribution is 2.19. The van der Waals surface area contributed by atoms with Gasteiger partial charge in [-0.1, -0.05) is 20.8 Å². The van der Waals surface area contributed by atoms with Crippen molar-refractivity contribution in [1.29, 1.82) is 0 Å². The van der Waals surface area contributed by atoms with Gasteiger partial charge in [0.05, 0.1) is 0 Å². The summed E-state index contributed by atoms with van der Waals surface area (Å²) < 4.78 is 0. The molecule has 0 spiro atoms. The van der Waals surface area contributed by atoms with E-state index in [2.05, 4.69) is 45.0 Å². The van der Waals surface area contributed by atoms with Gasteiger partial charge in [0.1, 0.15) is 0 Å². The number of rotatable bonds is 3. The third-order valence-electron chi connectivity index (χ3n) is 3.63. The van der Waals surface area contributed by atoms with Crippen LogP contribution < -0.4 is 5.32 Å². The first-order chi connectivity index (χ1) is 6.41. The number of likely N-dealkylation sites (N-methyl/N-ethyl adjacent to an activating group) is 1. The maximum absolute atomic E-state index is 3.65. The van der Waals surface area contributed by atoms with E-state index < -0.39 is 0 Å². The molecule has 2 heteroatoms. The van der Waals surface area contributed by atoms with Crippen LogP contribution in [0.3, 0.4) is 0 Å². The number of hydrogen-bond acceptors (Lipinski definition) is 2. The quantitative estimate of drug-likeness (QED) is 0.747. The molecule has 2 atom stereocenters. The van der Waals surface area contributed by atoms with Crippen LogP contribution >= 0.6 is 0 Å². The fourth-order valence-electron chi connectivity index (χ4n) is 1.86. The van der Waals surface area contributed by atoms with Gasteiger partial charge >= 0.3 is 0 Å². The summed E-state index contributed by atoms with van der Waals surface area (Å²) in [6.45, 7) is 11.6. The normalized spacial score (nSPS) is 26.8. The molecule has 1 aliphatic heterocycles. The molecule has 0 saturated carbocycles. The second kappa shape index (κ2) is 4.63. The molecule has 1 aliphatic rings. The Morgan fingerprint density at radius 2 is 2.07 bits per heavy atom. The van der Waals surface area contributed by atoms with Crippen LogP contribution in [-0.2, 0) is 0 Å². The van der Waals surface area contributed by atoms with E-state index in [1.165, 1.54) is 19.4 Å². The van der Waals surface area contributed by atoms with Gasteiger partial charge < -0.3 is 10.2 Å². The van der Waals surface area contributed by atoms with Gasteiger partial charge in [-0.15, -0.1) is 0 Å². The third-order valence-corrected chi connectivity index (χ3v) is 3.63. The van der Waals surface area contributed by atoms with Gasteiger partial charge in [-0.05, 0) is 38.8 Å². The Balaban J connectivity index is 2.26. The van der Waals surface area contributed by atoms with Crippen molar-refractivity contribution in [3.8, 4) is 0 Å². The average Bonchev–Trinajstić information content (AvgIpc) is 2.45. The van der Waals surface area contributed by atoms with Gasteiger partial charge in [-0.25, -0.2) is 0 Å². The summed E-state index contributed by atoms with van der Waals surface area (Å²) in [4.78, 5) is 2.47. The molecule has 0 aromatic rings. The second-order valence-corrected chi connectivity index (χ2v) is 5.77. The Morgan fingerprint density at radius 1 is 1.43 bits per heavy atom. The van der Waals surface area contributed by atoms with Crippen molar-refractivity contribution in [2.75, 3.05) is 20.1 Å². The van der Waals surface area contributed by atoms with Crippen LogP contribution in [0.5, 0.6) is 0 Å². The smallest absolute Gasteiger partial charge is 0.0218 e. The minimum absolute atomic E-state index is 0.372. The zero-order valence-electron chi connectivity index (χ0n) is 10.4. The van der Waals surface area contributed by atoms with E-state index in [-0.39, 0.29) is 0 Å². The monoisotopic (exact) mass is 198 g/mol. The highest BCUT2D eigenvalue weighted by atomic mass is 15.2. The molecule has 1 heterocycles. The lowest BCUT2D eigenvalue weighted by Gasteiger charge is -2.30. The summed E-state index contributed by atoms with van der Waals surface area (Å²) in [6.07, 6.45) is 2.73. The molecule has 84 valence electrons. The van der Waals surface area contributed by atoms with Crippen molar-refractivity contribution in [1.82, 2.24) is 10.2 Å². The number of likely N-dealkylation sites (tertiary alicyclic amines) is 1. The third kappa shape index (κ3) is 3.25. The summed E-state index contributed by atoms with van der Waals surface area (Å²) in [7, 11) is 2.24. The average molecular weight is 198 g/mol. The van der Waals surface area contributed by atoms with Gasteiger partial charge in [0.2, 0.25) is 0 Å². The van der Waals surface area contributed by atoms with Crippen LogP contribution in [0.25, 0.3) is 0 Å². The Hall–Kier alpha value is -0.0800. The lowest BCUT2D eigenvalue weighted by Crippen LogP contribution is -2.44. The molecule has 2 nitrogen and oxygen atoms in total. The minimum atomic E-state index is 0.372. The predicted octanol–water partition coefficient (Wildman–Crippen LogP) is 2.10. The topological polar surface area (TPSA) is 15.3 Å². The molecule has 2 unspecified atom stereocenters. The molecular formula is C12H26N2. The highest BCUT2D eigenvalue weighted by molar-refractivity contribution is 4.82. The van der Waals surface area contributed by atoms with Gasteiger partial charge in [-0.2, -0.15) is 0 Å². The van der Waals surface area contributed by atoms with Crippen molar-refractivity contribution >= 4 is 0 Å². The molecule has 14 heavy (non-hydrogen) atoms. The molecule has 0 aromatic heterocycles. The summed E-state index contributed by atoms with van der Waals surface area (Å²) in [6, 6.07) is 1.36. The molecule has 0 aromatic carbocycles. The van der Waals surface area contributed by atoms with Gasteiger partial charge in [0.25, 0.3) is 0 Å². The first kappa shape index (κ1) is 12.0. The SMILES string of the molecule is CC(NCC1CCCN1C)C(C)(C)C. The van der Waals surface area contributed by atoms with E-state index in [1.807, 2.05) is 0 Å². The van der Waals surface area contributed by atoms with E-state index in [4.69, 9.17) is 0 Å². The zero-order valence-corrected chi connectivity index (χ0v) is 10.4.